The molecule has 2 N–H and O–H groups in total. The lowest BCUT2D eigenvalue weighted by Gasteiger charge is -2.22. The minimum Gasteiger partial charge on any atom is -0.340 e. The Morgan fingerprint density at radius 1 is 1.03 bits per heavy atom. The lowest BCUT2D eigenvalue weighted by Crippen LogP contribution is -2.47. The molecule has 1 aliphatic carbocycles. The summed E-state index contributed by atoms with van der Waals surface area (Å²) in [5, 5.41) is 17.7. The molecule has 30 heavy (non-hydrogen) atoms. The molecule has 8 heteroatoms. The first-order valence-electron chi connectivity index (χ1n) is 10.1. The first-order valence-corrected chi connectivity index (χ1v) is 10.1. The predicted octanol–water partition coefficient (Wildman–Crippen LogP) is 3.07. The van der Waals surface area contributed by atoms with Crippen LogP contribution in [-0.4, -0.2) is 38.1 Å². The summed E-state index contributed by atoms with van der Waals surface area (Å²) in [6.45, 7) is 3.80. The first kappa shape index (κ1) is 19.8. The minimum absolute atomic E-state index is 0.0693. The molecule has 8 nitrogen and oxygen atoms in total. The number of rotatable bonds is 7. The van der Waals surface area contributed by atoms with E-state index in [9.17, 15) is 9.59 Å². The van der Waals surface area contributed by atoms with Gasteiger partial charge in [-0.3, -0.25) is 9.59 Å². The molecular weight excluding hydrogens is 380 g/mol. The maximum atomic E-state index is 12.8. The molecule has 0 aliphatic heterocycles. The van der Waals surface area contributed by atoms with E-state index in [4.69, 9.17) is 0 Å². The predicted molar refractivity (Wildman–Crippen MR) is 113 cm³/mol. The van der Waals surface area contributed by atoms with Crippen molar-refractivity contribution >= 4 is 17.5 Å². The summed E-state index contributed by atoms with van der Waals surface area (Å²) in [5.41, 5.74) is 2.06. The molecule has 1 aliphatic rings. The van der Waals surface area contributed by atoms with Crippen LogP contribution in [0.2, 0.25) is 0 Å². The molecule has 154 valence electrons. The smallest absolute Gasteiger partial charge is 0.251 e. The normalized spacial score (nSPS) is 14.4. The maximum Gasteiger partial charge on any atom is 0.251 e. The molecule has 0 saturated heterocycles. The van der Waals surface area contributed by atoms with Gasteiger partial charge in [0.15, 0.2) is 5.82 Å². The Hall–Kier alpha value is -3.55. The molecule has 1 fully saturated rings. The average Bonchev–Trinajstić information content (AvgIpc) is 3.49. The van der Waals surface area contributed by atoms with Gasteiger partial charge in [-0.1, -0.05) is 32.0 Å². The number of carbonyl (C=O) groups is 2. The van der Waals surface area contributed by atoms with E-state index in [0.29, 0.717) is 17.3 Å². The second kappa shape index (κ2) is 8.44. The van der Waals surface area contributed by atoms with Crippen LogP contribution in [0.5, 0.6) is 0 Å². The van der Waals surface area contributed by atoms with Crippen molar-refractivity contribution < 1.29 is 9.59 Å². The highest BCUT2D eigenvalue weighted by Crippen LogP contribution is 2.36. The molecule has 0 bridgehead atoms. The zero-order valence-electron chi connectivity index (χ0n) is 16.9. The number of hydrogen-bond donors (Lipinski definition) is 2. The van der Waals surface area contributed by atoms with Gasteiger partial charge in [0, 0.05) is 16.8 Å². The van der Waals surface area contributed by atoms with E-state index in [2.05, 4.69) is 26.2 Å². The maximum absolute atomic E-state index is 12.8. The largest absolute Gasteiger partial charge is 0.340 e. The Bertz CT molecular complexity index is 1030. The van der Waals surface area contributed by atoms with Gasteiger partial charge < -0.3 is 10.6 Å². The third-order valence-electron chi connectivity index (χ3n) is 5.07. The lowest BCUT2D eigenvalue weighted by atomic mass is 10.0. The second-order valence-corrected chi connectivity index (χ2v) is 7.81. The average molecular weight is 404 g/mol. The van der Waals surface area contributed by atoms with E-state index in [1.165, 1.54) is 0 Å². The number of amides is 2. The number of aromatic nitrogens is 4. The lowest BCUT2D eigenvalue weighted by molar-refractivity contribution is -0.118. The third kappa shape index (κ3) is 4.37. The molecular formula is C22H24N6O2. The van der Waals surface area contributed by atoms with Crippen LogP contribution in [0.1, 0.15) is 43.1 Å². The zero-order valence-corrected chi connectivity index (χ0v) is 16.9. The number of anilines is 1. The molecule has 3 aromatic rings. The van der Waals surface area contributed by atoms with Crippen molar-refractivity contribution in [1.29, 1.82) is 0 Å². The van der Waals surface area contributed by atoms with Gasteiger partial charge in [-0.15, -0.1) is 5.10 Å². The van der Waals surface area contributed by atoms with Gasteiger partial charge in [-0.25, -0.2) is 4.68 Å². The standard InChI is InChI=1S/C22H24N6O2/c1-14(2)19(24-21(29)16-6-4-3-5-7-16)22(30)23-17-10-8-15(9-11-17)20-25-26-27-28(20)18-12-13-18/h3-11,14,18-19H,12-13H2,1-2H3,(H,23,30)(H,24,29). The number of carbonyl (C=O) groups excluding carboxylic acids is 2. The molecule has 1 heterocycles. The minimum atomic E-state index is -0.653. The SMILES string of the molecule is CC(C)C(NC(=O)c1ccccc1)C(=O)Nc1ccc(-c2nnnn2C2CC2)cc1. The number of nitrogens with one attached hydrogen (secondary N) is 2. The molecule has 2 amide bonds. The summed E-state index contributed by atoms with van der Waals surface area (Å²) in [5.74, 6) is 0.127. The van der Waals surface area contributed by atoms with Crippen molar-refractivity contribution in [3.63, 3.8) is 0 Å². The van der Waals surface area contributed by atoms with E-state index in [-0.39, 0.29) is 17.7 Å². The molecule has 0 spiro atoms. The quantitative estimate of drug-likeness (QED) is 0.630. The van der Waals surface area contributed by atoms with Gasteiger partial charge >= 0.3 is 0 Å². The first-order chi connectivity index (χ1) is 14.5. The number of hydrogen-bond acceptors (Lipinski definition) is 5. The monoisotopic (exact) mass is 404 g/mol. The summed E-state index contributed by atoms with van der Waals surface area (Å²) in [4.78, 5) is 25.3. The van der Waals surface area contributed by atoms with Gasteiger partial charge in [0.05, 0.1) is 6.04 Å². The van der Waals surface area contributed by atoms with Crippen molar-refractivity contribution in [3.05, 3.63) is 60.2 Å². The topological polar surface area (TPSA) is 102 Å². The Morgan fingerprint density at radius 2 is 1.73 bits per heavy atom. The highest BCUT2D eigenvalue weighted by molar-refractivity contribution is 6.01. The molecule has 2 aromatic carbocycles. The van der Waals surface area contributed by atoms with E-state index in [1.54, 1.807) is 24.3 Å². The Labute approximate surface area is 174 Å². The van der Waals surface area contributed by atoms with Crippen molar-refractivity contribution in [2.75, 3.05) is 5.32 Å². The fourth-order valence-electron chi connectivity index (χ4n) is 3.22. The third-order valence-corrected chi connectivity index (χ3v) is 5.07. The molecule has 1 unspecified atom stereocenters. The van der Waals surface area contributed by atoms with Crippen LogP contribution in [0.3, 0.4) is 0 Å². The summed E-state index contributed by atoms with van der Waals surface area (Å²) in [7, 11) is 0. The Kier molecular flexibility index (Phi) is 5.56. The Morgan fingerprint density at radius 3 is 2.37 bits per heavy atom. The molecule has 1 atom stereocenters. The summed E-state index contributed by atoms with van der Waals surface area (Å²) >= 11 is 0. The van der Waals surface area contributed by atoms with E-state index in [0.717, 1.165) is 24.2 Å². The van der Waals surface area contributed by atoms with Crippen LogP contribution in [0.4, 0.5) is 5.69 Å². The van der Waals surface area contributed by atoms with Crippen LogP contribution < -0.4 is 10.6 Å². The van der Waals surface area contributed by atoms with Crippen LogP contribution >= 0.6 is 0 Å². The van der Waals surface area contributed by atoms with Crippen LogP contribution in [-0.2, 0) is 4.79 Å². The Balaban J connectivity index is 1.43. The zero-order chi connectivity index (χ0) is 21.1. The highest BCUT2D eigenvalue weighted by Gasteiger charge is 2.28. The number of tetrazole rings is 1. The van der Waals surface area contributed by atoms with Crippen molar-refractivity contribution in [2.24, 2.45) is 5.92 Å². The van der Waals surface area contributed by atoms with Crippen molar-refractivity contribution in [1.82, 2.24) is 25.5 Å². The number of benzene rings is 2. The van der Waals surface area contributed by atoms with Gasteiger partial charge in [0.2, 0.25) is 5.91 Å². The van der Waals surface area contributed by atoms with Gasteiger partial charge in [0.25, 0.3) is 5.91 Å². The van der Waals surface area contributed by atoms with E-state index < -0.39 is 6.04 Å². The summed E-state index contributed by atoms with van der Waals surface area (Å²) in [6.07, 6.45) is 2.19. The van der Waals surface area contributed by atoms with Gasteiger partial charge in [0.1, 0.15) is 6.04 Å². The van der Waals surface area contributed by atoms with Crippen LogP contribution in [0.25, 0.3) is 11.4 Å². The van der Waals surface area contributed by atoms with Crippen molar-refractivity contribution in [3.8, 4) is 11.4 Å². The van der Waals surface area contributed by atoms with Crippen LogP contribution in [0.15, 0.2) is 54.6 Å². The fourth-order valence-corrected chi connectivity index (χ4v) is 3.22. The van der Waals surface area contributed by atoms with E-state index in [1.807, 2.05) is 48.9 Å². The molecule has 1 aromatic heterocycles. The summed E-state index contributed by atoms with van der Waals surface area (Å²) in [6, 6.07) is 16.0. The fraction of sp³-hybridized carbons (Fsp3) is 0.318. The van der Waals surface area contributed by atoms with Crippen molar-refractivity contribution in [2.45, 2.75) is 38.8 Å². The van der Waals surface area contributed by atoms with Crippen LogP contribution in [0, 0.1) is 5.92 Å². The highest BCUT2D eigenvalue weighted by atomic mass is 16.2. The van der Waals surface area contributed by atoms with Gasteiger partial charge in [-0.05, 0) is 65.6 Å². The number of nitrogens with zero attached hydrogens (tertiary/aromatic N) is 4. The summed E-state index contributed by atoms with van der Waals surface area (Å²) < 4.78 is 1.85. The molecule has 0 radical (unpaired) electrons. The van der Waals surface area contributed by atoms with Gasteiger partial charge in [-0.2, -0.15) is 0 Å². The second-order valence-electron chi connectivity index (χ2n) is 7.81. The molecule has 4 rings (SSSR count). The molecule has 1 saturated carbocycles. The van der Waals surface area contributed by atoms with E-state index >= 15 is 0 Å².